The molecular formula is C25H28O4. The Labute approximate surface area is 172 Å². The second-order valence-corrected chi connectivity index (χ2v) is 7.35. The van der Waals surface area contributed by atoms with Gasteiger partial charge in [0.05, 0.1) is 18.4 Å². The predicted molar refractivity (Wildman–Crippen MR) is 114 cm³/mol. The molecule has 3 rings (SSSR count). The second-order valence-electron chi connectivity index (χ2n) is 7.35. The van der Waals surface area contributed by atoms with E-state index in [1.165, 1.54) is 11.1 Å². The van der Waals surface area contributed by atoms with Crippen LogP contribution in [0.2, 0.25) is 0 Å². The van der Waals surface area contributed by atoms with E-state index in [0.29, 0.717) is 30.9 Å². The number of furan rings is 1. The highest BCUT2D eigenvalue weighted by Crippen LogP contribution is 2.40. The number of hydrogen-bond acceptors (Lipinski definition) is 4. The van der Waals surface area contributed by atoms with E-state index in [2.05, 4.69) is 19.1 Å². The quantitative estimate of drug-likeness (QED) is 0.513. The van der Waals surface area contributed by atoms with E-state index in [1.54, 1.807) is 31.4 Å². The van der Waals surface area contributed by atoms with Crippen molar-refractivity contribution in [3.63, 3.8) is 0 Å². The van der Waals surface area contributed by atoms with Gasteiger partial charge in [-0.25, -0.2) is 4.79 Å². The number of ketones is 1. The first-order valence-electron chi connectivity index (χ1n) is 10.3. The predicted octanol–water partition coefficient (Wildman–Crippen LogP) is 5.71. The van der Waals surface area contributed by atoms with Gasteiger partial charge in [-0.15, -0.1) is 0 Å². The first kappa shape index (κ1) is 20.8. The van der Waals surface area contributed by atoms with Crippen molar-refractivity contribution in [2.75, 3.05) is 6.61 Å². The Morgan fingerprint density at radius 2 is 1.97 bits per heavy atom. The van der Waals surface area contributed by atoms with E-state index in [0.717, 1.165) is 29.7 Å². The number of benzene rings is 1. The van der Waals surface area contributed by atoms with Gasteiger partial charge in [0, 0.05) is 24.3 Å². The molecule has 0 radical (unpaired) electrons. The molecule has 1 atom stereocenters. The summed E-state index contributed by atoms with van der Waals surface area (Å²) >= 11 is 0. The van der Waals surface area contributed by atoms with E-state index >= 15 is 0 Å². The van der Waals surface area contributed by atoms with Gasteiger partial charge in [-0.05, 0) is 56.0 Å². The largest absolute Gasteiger partial charge is 0.469 e. The van der Waals surface area contributed by atoms with Crippen molar-refractivity contribution in [3.05, 3.63) is 76.8 Å². The summed E-state index contributed by atoms with van der Waals surface area (Å²) in [4.78, 5) is 24.4. The monoisotopic (exact) mass is 392 g/mol. The van der Waals surface area contributed by atoms with E-state index < -0.39 is 0 Å². The summed E-state index contributed by atoms with van der Waals surface area (Å²) in [6.07, 6.45) is 8.63. The summed E-state index contributed by atoms with van der Waals surface area (Å²) < 4.78 is 10.5. The number of carbonyl (C=O) groups excluding carboxylic acids is 2. The second kappa shape index (κ2) is 9.55. The van der Waals surface area contributed by atoms with Crippen LogP contribution in [0.3, 0.4) is 0 Å². The van der Waals surface area contributed by atoms with Gasteiger partial charge in [-0.2, -0.15) is 0 Å². The first-order chi connectivity index (χ1) is 14.0. The molecule has 4 nitrogen and oxygen atoms in total. The van der Waals surface area contributed by atoms with Crippen LogP contribution in [0.15, 0.2) is 58.7 Å². The van der Waals surface area contributed by atoms with Gasteiger partial charge in [0.15, 0.2) is 0 Å². The van der Waals surface area contributed by atoms with Crippen LogP contribution in [0.4, 0.5) is 0 Å². The third-order valence-electron chi connectivity index (χ3n) is 5.41. The number of Topliss-reactive ketones (excluding diaryl/α,β-unsaturated/α-hetero) is 1. The third-order valence-corrected chi connectivity index (χ3v) is 5.41. The normalized spacial score (nSPS) is 15.8. The van der Waals surface area contributed by atoms with E-state index in [9.17, 15) is 9.59 Å². The highest BCUT2D eigenvalue weighted by molar-refractivity contribution is 5.90. The fraction of sp³-hybridized carbons (Fsp3) is 0.360. The van der Waals surface area contributed by atoms with Crippen molar-refractivity contribution in [3.8, 4) is 0 Å². The van der Waals surface area contributed by atoms with Gasteiger partial charge < -0.3 is 9.15 Å². The van der Waals surface area contributed by atoms with Crippen molar-refractivity contribution >= 4 is 17.3 Å². The molecule has 29 heavy (non-hydrogen) atoms. The van der Waals surface area contributed by atoms with Crippen molar-refractivity contribution in [2.24, 2.45) is 5.92 Å². The van der Waals surface area contributed by atoms with Crippen LogP contribution < -0.4 is 0 Å². The summed E-state index contributed by atoms with van der Waals surface area (Å²) in [5.74, 6) is 1.10. The van der Waals surface area contributed by atoms with Crippen LogP contribution in [0, 0.1) is 12.8 Å². The van der Waals surface area contributed by atoms with Crippen LogP contribution in [0.5, 0.6) is 0 Å². The van der Waals surface area contributed by atoms with Crippen LogP contribution >= 0.6 is 0 Å². The lowest BCUT2D eigenvalue weighted by Gasteiger charge is -2.17. The molecule has 0 aliphatic heterocycles. The number of esters is 1. The Hall–Kier alpha value is -2.88. The molecule has 1 aliphatic carbocycles. The molecule has 0 N–H and O–H groups in total. The lowest BCUT2D eigenvalue weighted by atomic mass is 9.86. The Kier molecular flexibility index (Phi) is 6.86. The maximum atomic E-state index is 12.6. The highest BCUT2D eigenvalue weighted by Gasteiger charge is 2.24. The minimum atomic E-state index is -0.350. The Morgan fingerprint density at radius 3 is 2.66 bits per heavy atom. The van der Waals surface area contributed by atoms with E-state index in [1.807, 2.05) is 19.1 Å². The van der Waals surface area contributed by atoms with E-state index in [4.69, 9.17) is 9.15 Å². The van der Waals surface area contributed by atoms with Gasteiger partial charge in [0.25, 0.3) is 0 Å². The number of aryl methyl sites for hydroxylation is 1. The fourth-order valence-electron chi connectivity index (χ4n) is 3.95. The van der Waals surface area contributed by atoms with Gasteiger partial charge in [-0.1, -0.05) is 36.8 Å². The molecule has 4 heteroatoms. The standard InChI is InChI=1S/C25H28O4/c1-4-22-19(10-12-24(22)23-13-14-29-17(23)3)9-11-21(26)16-18-7-6-8-20(15-18)25(27)28-5-2/h6-8,10,12-15,22H,4-5,9,11,16H2,1-3H3. The maximum absolute atomic E-state index is 12.6. The molecule has 1 aromatic heterocycles. The van der Waals surface area contributed by atoms with Crippen LogP contribution in [-0.4, -0.2) is 18.4 Å². The number of allylic oxidation sites excluding steroid dienone is 4. The zero-order valence-corrected chi connectivity index (χ0v) is 17.4. The van der Waals surface area contributed by atoms with Crippen molar-refractivity contribution < 1.29 is 18.7 Å². The molecule has 1 heterocycles. The SMILES string of the molecule is CCOC(=O)c1cccc(CC(=O)CCC2=CC=C(c3ccoc3C)C2CC)c1. The molecule has 1 aromatic carbocycles. The Balaban J connectivity index is 1.57. The molecular weight excluding hydrogens is 364 g/mol. The Morgan fingerprint density at radius 1 is 1.14 bits per heavy atom. The van der Waals surface area contributed by atoms with Crippen molar-refractivity contribution in [1.82, 2.24) is 0 Å². The molecule has 1 unspecified atom stereocenters. The zero-order valence-electron chi connectivity index (χ0n) is 17.4. The lowest BCUT2D eigenvalue weighted by molar-refractivity contribution is -0.118. The average Bonchev–Trinajstić information content (AvgIpc) is 3.31. The van der Waals surface area contributed by atoms with Crippen molar-refractivity contribution in [1.29, 1.82) is 0 Å². The molecule has 0 fully saturated rings. The van der Waals surface area contributed by atoms with Gasteiger partial charge in [0.1, 0.15) is 11.5 Å². The number of carbonyl (C=O) groups is 2. The lowest BCUT2D eigenvalue weighted by Crippen LogP contribution is -2.09. The van der Waals surface area contributed by atoms with Crippen LogP contribution in [0.25, 0.3) is 5.57 Å². The highest BCUT2D eigenvalue weighted by atomic mass is 16.5. The third kappa shape index (κ3) is 4.94. The summed E-state index contributed by atoms with van der Waals surface area (Å²) in [6, 6.07) is 9.16. The summed E-state index contributed by atoms with van der Waals surface area (Å²) in [5, 5.41) is 0. The number of ether oxygens (including phenoxy) is 1. The number of hydrogen-bond donors (Lipinski definition) is 0. The molecule has 0 bridgehead atoms. The maximum Gasteiger partial charge on any atom is 0.338 e. The summed E-state index contributed by atoms with van der Waals surface area (Å²) in [6.45, 7) is 6.27. The fourth-order valence-corrected chi connectivity index (χ4v) is 3.95. The minimum absolute atomic E-state index is 0.176. The summed E-state index contributed by atoms with van der Waals surface area (Å²) in [5.41, 5.74) is 5.08. The van der Waals surface area contributed by atoms with Gasteiger partial charge in [0.2, 0.25) is 0 Å². The van der Waals surface area contributed by atoms with Crippen LogP contribution in [-0.2, 0) is 16.0 Å². The smallest absolute Gasteiger partial charge is 0.338 e. The Bertz CT molecular complexity index is 945. The molecule has 2 aromatic rings. The molecule has 0 saturated heterocycles. The number of rotatable bonds is 9. The van der Waals surface area contributed by atoms with Gasteiger partial charge >= 0.3 is 5.97 Å². The minimum Gasteiger partial charge on any atom is -0.469 e. The topological polar surface area (TPSA) is 56.5 Å². The zero-order chi connectivity index (χ0) is 20.8. The molecule has 0 saturated carbocycles. The average molecular weight is 392 g/mol. The van der Waals surface area contributed by atoms with Gasteiger partial charge in [-0.3, -0.25) is 4.79 Å². The summed E-state index contributed by atoms with van der Waals surface area (Å²) in [7, 11) is 0. The van der Waals surface area contributed by atoms with Crippen molar-refractivity contribution in [2.45, 2.75) is 46.5 Å². The van der Waals surface area contributed by atoms with Crippen LogP contribution in [0.1, 0.15) is 60.4 Å². The molecule has 0 spiro atoms. The molecule has 152 valence electrons. The molecule has 1 aliphatic rings. The first-order valence-corrected chi connectivity index (χ1v) is 10.3. The van der Waals surface area contributed by atoms with E-state index in [-0.39, 0.29) is 11.8 Å². The molecule has 0 amide bonds.